The van der Waals surface area contributed by atoms with Gasteiger partial charge in [-0.3, -0.25) is 4.79 Å². The van der Waals surface area contributed by atoms with Crippen LogP contribution in [0.15, 0.2) is 50.6 Å². The molecule has 12 heteroatoms. The van der Waals surface area contributed by atoms with Gasteiger partial charge in [0.1, 0.15) is 6.73 Å². The van der Waals surface area contributed by atoms with E-state index in [1.165, 1.54) is 0 Å². The van der Waals surface area contributed by atoms with E-state index >= 15 is 0 Å². The lowest BCUT2D eigenvalue weighted by molar-refractivity contribution is -0.132. The predicted molar refractivity (Wildman–Crippen MR) is 113 cm³/mol. The van der Waals surface area contributed by atoms with Crippen LogP contribution in [0.2, 0.25) is 0 Å². The maximum absolute atomic E-state index is 10.0. The second kappa shape index (κ2) is 28.9. The normalized spacial score (nSPS) is 8.29. The number of carboxylic acid groups (broad SMARTS) is 3. The molecule has 1 amide bonds. The van der Waals surface area contributed by atoms with Gasteiger partial charge in [0.15, 0.2) is 0 Å². The largest absolute Gasteiger partial charge is 0.478 e. The van der Waals surface area contributed by atoms with E-state index < -0.39 is 23.3 Å². The molecule has 0 fully saturated rings. The second-order valence-corrected chi connectivity index (χ2v) is 4.86. The molecule has 0 atom stereocenters. The zero-order chi connectivity index (χ0) is 25.9. The Morgan fingerprint density at radius 2 is 0.968 bits per heavy atom. The number of carboxylic acids is 3. The van der Waals surface area contributed by atoms with Crippen LogP contribution in [0.25, 0.3) is 0 Å². The highest BCUT2D eigenvalue weighted by Crippen LogP contribution is 2.18. The molecule has 0 radical (unpaired) electrons. The Balaban J connectivity index is -0.0000000932. The van der Waals surface area contributed by atoms with Gasteiger partial charge in [0.05, 0.1) is 19.8 Å². The van der Waals surface area contributed by atoms with Gasteiger partial charge in [0.2, 0.25) is 5.91 Å². The van der Waals surface area contributed by atoms with Gasteiger partial charge in [-0.05, 0) is 12.5 Å². The molecule has 12 nitrogen and oxygen atoms in total. The lowest BCUT2D eigenvalue weighted by Crippen LogP contribution is -2.32. The third-order valence-electron chi connectivity index (χ3n) is 2.72. The molecule has 0 saturated carbocycles. The molecule has 0 unspecified atom stereocenters. The molecule has 0 aromatic heterocycles. The molecule has 31 heavy (non-hydrogen) atoms. The van der Waals surface area contributed by atoms with E-state index in [9.17, 15) is 19.2 Å². The first-order chi connectivity index (χ1) is 14.4. The van der Waals surface area contributed by atoms with Crippen molar-refractivity contribution < 1.29 is 54.9 Å². The number of aliphatic hydroxyl groups excluding tert-OH is 4. The summed E-state index contributed by atoms with van der Waals surface area (Å²) >= 11 is 0. The van der Waals surface area contributed by atoms with Gasteiger partial charge in [-0.1, -0.05) is 33.2 Å². The van der Waals surface area contributed by atoms with E-state index in [-0.39, 0.29) is 32.5 Å². The highest BCUT2D eigenvalue weighted by molar-refractivity contribution is 5.86. The van der Waals surface area contributed by atoms with Gasteiger partial charge >= 0.3 is 17.9 Å². The molecule has 0 spiro atoms. The number of hydrogen-bond acceptors (Lipinski definition) is 8. The average molecular weight is 451 g/mol. The standard InChI is InChI=1S/C6H14O3.C4H7NO2.3C3H4O2/c1-2-6(3-7,4-8)5-9;1-2-4(7)5-3-6;3*1-2-3(4)5/h7-9H,2-5H2,1H3;2,6H,1,3H2,(H,5,7);3*2H,1H2,(H,4,5). The minimum Gasteiger partial charge on any atom is -0.478 e. The van der Waals surface area contributed by atoms with Crippen molar-refractivity contribution in [3.05, 3.63) is 50.6 Å². The number of aliphatic carboxylic acids is 3. The summed E-state index contributed by atoms with van der Waals surface area (Å²) in [4.78, 5) is 37.8. The summed E-state index contributed by atoms with van der Waals surface area (Å²) in [5, 5.41) is 58.9. The van der Waals surface area contributed by atoms with E-state index in [1.54, 1.807) is 0 Å². The minimum atomic E-state index is -0.981. The Kier molecular flexibility index (Phi) is 35.7. The first-order valence-corrected chi connectivity index (χ1v) is 8.26. The first kappa shape index (κ1) is 38.3. The zero-order valence-electron chi connectivity index (χ0n) is 17.4. The second-order valence-electron chi connectivity index (χ2n) is 4.86. The Bertz CT molecular complexity index is 481. The smallest absolute Gasteiger partial charge is 0.327 e. The predicted octanol–water partition coefficient (Wildman–Crippen LogP) is -0.631. The van der Waals surface area contributed by atoms with Crippen molar-refractivity contribution in [2.75, 3.05) is 26.6 Å². The summed E-state index contributed by atoms with van der Waals surface area (Å²) in [7, 11) is 0. The van der Waals surface area contributed by atoms with E-state index in [4.69, 9.17) is 35.7 Å². The minimum absolute atomic E-state index is 0.156. The monoisotopic (exact) mass is 451 g/mol. The Labute approximate surface area is 180 Å². The van der Waals surface area contributed by atoms with Crippen molar-refractivity contribution in [3.63, 3.8) is 0 Å². The summed E-state index contributed by atoms with van der Waals surface area (Å²) < 4.78 is 0. The summed E-state index contributed by atoms with van der Waals surface area (Å²) in [6, 6.07) is 0. The number of aliphatic hydroxyl groups is 4. The fourth-order valence-corrected chi connectivity index (χ4v) is 0.635. The number of amides is 1. The Morgan fingerprint density at radius 1 is 0.710 bits per heavy atom. The Morgan fingerprint density at radius 3 is 1.00 bits per heavy atom. The van der Waals surface area contributed by atoms with Crippen LogP contribution in [0.4, 0.5) is 0 Å². The SMILES string of the molecule is C=CC(=O)NCO.C=CC(=O)O.C=CC(=O)O.C=CC(=O)O.CCC(CO)(CO)CO. The maximum Gasteiger partial charge on any atom is 0.327 e. The quantitative estimate of drug-likeness (QED) is 0.163. The molecule has 0 aliphatic heterocycles. The molecule has 0 saturated heterocycles. The molecule has 8 N–H and O–H groups in total. The molecule has 0 aromatic carbocycles. The van der Waals surface area contributed by atoms with Crippen LogP contribution in [-0.4, -0.2) is 86.1 Å². The van der Waals surface area contributed by atoms with Crippen molar-refractivity contribution in [3.8, 4) is 0 Å². The van der Waals surface area contributed by atoms with Gasteiger partial charge in [-0.25, -0.2) is 14.4 Å². The van der Waals surface area contributed by atoms with Gasteiger partial charge in [-0.15, -0.1) is 0 Å². The summed E-state index contributed by atoms with van der Waals surface area (Å²) in [5.41, 5.74) is -0.667. The van der Waals surface area contributed by atoms with Crippen LogP contribution >= 0.6 is 0 Å². The van der Waals surface area contributed by atoms with Crippen molar-refractivity contribution in [1.82, 2.24) is 5.32 Å². The first-order valence-electron chi connectivity index (χ1n) is 8.26. The number of nitrogens with one attached hydrogen (secondary N) is 1. The fraction of sp³-hybridized carbons (Fsp3) is 0.368. The van der Waals surface area contributed by atoms with Gasteiger partial charge in [-0.2, -0.15) is 0 Å². The highest BCUT2D eigenvalue weighted by atomic mass is 16.4. The molecular formula is C19H33NO11. The van der Waals surface area contributed by atoms with E-state index in [2.05, 4.69) is 31.6 Å². The van der Waals surface area contributed by atoms with Crippen molar-refractivity contribution in [2.45, 2.75) is 13.3 Å². The van der Waals surface area contributed by atoms with Crippen LogP contribution in [0, 0.1) is 5.41 Å². The number of hydrogen-bond donors (Lipinski definition) is 8. The summed E-state index contributed by atoms with van der Waals surface area (Å²) in [6.45, 7) is 13.1. The highest BCUT2D eigenvalue weighted by Gasteiger charge is 2.24. The number of rotatable bonds is 9. The molecule has 0 rings (SSSR count). The summed E-state index contributed by atoms with van der Waals surface area (Å²) in [5.74, 6) is -3.30. The Hall–Kier alpha value is -3.32. The maximum atomic E-state index is 10.0. The fourth-order valence-electron chi connectivity index (χ4n) is 0.635. The van der Waals surface area contributed by atoms with Crippen LogP contribution in [0.5, 0.6) is 0 Å². The molecule has 0 aromatic rings. The topological polar surface area (TPSA) is 222 Å². The van der Waals surface area contributed by atoms with E-state index in [1.807, 2.05) is 6.92 Å². The molecule has 180 valence electrons. The van der Waals surface area contributed by atoms with Crippen LogP contribution in [-0.2, 0) is 19.2 Å². The molecule has 0 aliphatic rings. The molecule has 0 bridgehead atoms. The van der Waals surface area contributed by atoms with E-state index in [0.29, 0.717) is 6.42 Å². The van der Waals surface area contributed by atoms with Gasteiger partial charge < -0.3 is 41.1 Å². The molecular weight excluding hydrogens is 418 g/mol. The molecule has 0 heterocycles. The van der Waals surface area contributed by atoms with Crippen molar-refractivity contribution in [2.24, 2.45) is 5.41 Å². The zero-order valence-corrected chi connectivity index (χ0v) is 17.4. The van der Waals surface area contributed by atoms with Crippen molar-refractivity contribution >= 4 is 23.8 Å². The molecule has 0 aliphatic carbocycles. The number of carbonyl (C=O) groups is 4. The number of carbonyl (C=O) groups excluding carboxylic acids is 1. The average Bonchev–Trinajstić information content (AvgIpc) is 2.77. The van der Waals surface area contributed by atoms with E-state index in [0.717, 1.165) is 24.3 Å². The van der Waals surface area contributed by atoms with Gasteiger partial charge in [0.25, 0.3) is 0 Å². The third-order valence-corrected chi connectivity index (χ3v) is 2.72. The lowest BCUT2D eigenvalue weighted by atomic mass is 9.88. The third kappa shape index (κ3) is 42.0. The van der Waals surface area contributed by atoms with Crippen LogP contribution in [0.3, 0.4) is 0 Å². The van der Waals surface area contributed by atoms with Crippen molar-refractivity contribution in [1.29, 1.82) is 0 Å². The van der Waals surface area contributed by atoms with Crippen LogP contribution in [0.1, 0.15) is 13.3 Å². The summed E-state index contributed by atoms with van der Waals surface area (Å²) in [6.07, 6.45) is 4.19. The lowest BCUT2D eigenvalue weighted by Gasteiger charge is -2.24. The van der Waals surface area contributed by atoms with Crippen LogP contribution < -0.4 is 5.32 Å². The van der Waals surface area contributed by atoms with Gasteiger partial charge in [0, 0.05) is 23.6 Å².